The van der Waals surface area contributed by atoms with Crippen LogP contribution in [0.1, 0.15) is 84.0 Å². The van der Waals surface area contributed by atoms with Crippen molar-refractivity contribution in [2.75, 3.05) is 27.7 Å². The molecule has 0 saturated heterocycles. The molecule has 5 heteroatoms. The van der Waals surface area contributed by atoms with Gasteiger partial charge in [0.05, 0.1) is 27.6 Å². The van der Waals surface area contributed by atoms with Gasteiger partial charge in [-0.05, 0) is 32.1 Å². The summed E-state index contributed by atoms with van der Waals surface area (Å²) in [5.41, 5.74) is 0. The van der Waals surface area contributed by atoms with Crippen molar-refractivity contribution in [3.05, 3.63) is 24.3 Å². The van der Waals surface area contributed by atoms with E-state index in [0.29, 0.717) is 17.4 Å². The molecule has 0 heterocycles. The van der Waals surface area contributed by atoms with Crippen LogP contribution in [-0.2, 0) is 14.3 Å². The van der Waals surface area contributed by atoms with E-state index in [4.69, 9.17) is 9.84 Å². The molecule has 0 aromatic heterocycles. The lowest BCUT2D eigenvalue weighted by molar-refractivity contribution is -0.873. The van der Waals surface area contributed by atoms with Gasteiger partial charge >= 0.3 is 11.9 Å². The van der Waals surface area contributed by atoms with Crippen molar-refractivity contribution in [3.8, 4) is 0 Å². The van der Waals surface area contributed by atoms with E-state index >= 15 is 0 Å². The van der Waals surface area contributed by atoms with E-state index in [2.05, 4.69) is 31.2 Å². The Kier molecular flexibility index (Phi) is 16.3. The first-order valence-electron chi connectivity index (χ1n) is 11.3. The summed E-state index contributed by atoms with van der Waals surface area (Å²) in [6.45, 7) is 2.65. The maximum absolute atomic E-state index is 12.0. The fourth-order valence-electron chi connectivity index (χ4n) is 3.16. The monoisotopic (exact) mass is 410 g/mol. The molecular weight excluding hydrogens is 366 g/mol. The Morgan fingerprint density at radius 3 is 2.07 bits per heavy atom. The summed E-state index contributed by atoms with van der Waals surface area (Å²) in [7, 11) is 5.89. The highest BCUT2D eigenvalue weighted by Gasteiger charge is 2.24. The Hall–Kier alpha value is -1.62. The number of aliphatic carboxylic acids is 1. The lowest BCUT2D eigenvalue weighted by Gasteiger charge is -2.28. The third-order valence-corrected chi connectivity index (χ3v) is 4.54. The van der Waals surface area contributed by atoms with Gasteiger partial charge in [0.25, 0.3) is 0 Å². The summed E-state index contributed by atoms with van der Waals surface area (Å²) < 4.78 is 5.97. The molecule has 0 aromatic rings. The van der Waals surface area contributed by atoms with Crippen LogP contribution < -0.4 is 0 Å². The summed E-state index contributed by atoms with van der Waals surface area (Å²) in [6, 6.07) is 0. The van der Waals surface area contributed by atoms with Crippen LogP contribution in [-0.4, -0.2) is 55.3 Å². The first-order valence-corrected chi connectivity index (χ1v) is 11.3. The zero-order valence-electron chi connectivity index (χ0n) is 19.2. The normalized spacial score (nSPS) is 13.2. The van der Waals surface area contributed by atoms with Crippen LogP contribution in [0, 0.1) is 0 Å². The Balaban J connectivity index is 3.69. The molecule has 0 aromatic carbocycles. The van der Waals surface area contributed by atoms with Crippen molar-refractivity contribution >= 4 is 11.9 Å². The SMILES string of the molecule is CC/C=C/C/C=C/CCCCCCCCCC(=O)OC(CC(=O)O)C[N+](C)(C)C. The molecule has 0 fully saturated rings. The van der Waals surface area contributed by atoms with Gasteiger partial charge in [-0.15, -0.1) is 0 Å². The van der Waals surface area contributed by atoms with E-state index < -0.39 is 12.1 Å². The van der Waals surface area contributed by atoms with Crippen molar-refractivity contribution in [3.63, 3.8) is 0 Å². The van der Waals surface area contributed by atoms with E-state index in [1.165, 1.54) is 25.7 Å². The average molecular weight is 411 g/mol. The van der Waals surface area contributed by atoms with Gasteiger partial charge in [0.2, 0.25) is 0 Å². The van der Waals surface area contributed by atoms with Crippen molar-refractivity contribution in [2.45, 2.75) is 90.1 Å². The van der Waals surface area contributed by atoms with Crippen molar-refractivity contribution in [2.24, 2.45) is 0 Å². The van der Waals surface area contributed by atoms with Gasteiger partial charge in [0, 0.05) is 6.42 Å². The van der Waals surface area contributed by atoms with Crippen LogP contribution >= 0.6 is 0 Å². The fourth-order valence-corrected chi connectivity index (χ4v) is 3.16. The van der Waals surface area contributed by atoms with Crippen LogP contribution in [0.2, 0.25) is 0 Å². The Bertz CT molecular complexity index is 492. The van der Waals surface area contributed by atoms with Crippen molar-refractivity contribution in [1.29, 1.82) is 0 Å². The summed E-state index contributed by atoms with van der Waals surface area (Å²) in [5.74, 6) is -1.20. The number of carboxylic acid groups (broad SMARTS) is 1. The molecule has 1 atom stereocenters. The molecule has 0 aliphatic rings. The van der Waals surface area contributed by atoms with E-state index in [1.807, 2.05) is 21.1 Å². The molecule has 1 unspecified atom stereocenters. The van der Waals surface area contributed by atoms with Gasteiger partial charge in [0.15, 0.2) is 6.10 Å². The maximum atomic E-state index is 12.0. The summed E-state index contributed by atoms with van der Waals surface area (Å²) in [5, 5.41) is 9.00. The van der Waals surface area contributed by atoms with E-state index in [0.717, 1.165) is 38.5 Å². The molecule has 0 spiro atoms. The lowest BCUT2D eigenvalue weighted by Crippen LogP contribution is -2.43. The number of quaternary nitrogens is 1. The number of hydrogen-bond acceptors (Lipinski definition) is 3. The molecule has 0 bridgehead atoms. The second kappa shape index (κ2) is 17.3. The van der Waals surface area contributed by atoms with E-state index in [1.54, 1.807) is 0 Å². The molecular formula is C24H44NO4+. The Morgan fingerprint density at radius 2 is 1.48 bits per heavy atom. The highest BCUT2D eigenvalue weighted by Crippen LogP contribution is 2.12. The minimum Gasteiger partial charge on any atom is -0.481 e. The minimum atomic E-state index is -0.930. The topological polar surface area (TPSA) is 63.6 Å². The second-order valence-electron chi connectivity index (χ2n) is 8.78. The number of rotatable bonds is 18. The number of likely N-dealkylation sites (N-methyl/N-ethyl adjacent to an activating group) is 1. The molecule has 5 nitrogen and oxygen atoms in total. The van der Waals surface area contributed by atoms with Crippen LogP contribution in [0.25, 0.3) is 0 Å². The number of hydrogen-bond donors (Lipinski definition) is 1. The first kappa shape index (κ1) is 27.4. The number of allylic oxidation sites excluding steroid dienone is 4. The highest BCUT2D eigenvalue weighted by molar-refractivity contribution is 5.71. The maximum Gasteiger partial charge on any atom is 0.307 e. The number of ether oxygens (including phenoxy) is 1. The van der Waals surface area contributed by atoms with E-state index in [9.17, 15) is 9.59 Å². The molecule has 29 heavy (non-hydrogen) atoms. The predicted molar refractivity (Wildman–Crippen MR) is 120 cm³/mol. The molecule has 1 N–H and O–H groups in total. The number of nitrogens with zero attached hydrogens (tertiary/aromatic N) is 1. The number of unbranched alkanes of at least 4 members (excludes halogenated alkanes) is 7. The second-order valence-corrected chi connectivity index (χ2v) is 8.78. The molecule has 0 amide bonds. The van der Waals surface area contributed by atoms with Crippen LogP contribution in [0.3, 0.4) is 0 Å². The molecule has 0 saturated carbocycles. The molecule has 0 rings (SSSR count). The number of carboxylic acids is 1. The summed E-state index contributed by atoms with van der Waals surface area (Å²) in [4.78, 5) is 23.0. The van der Waals surface area contributed by atoms with Crippen LogP contribution in [0.15, 0.2) is 24.3 Å². The van der Waals surface area contributed by atoms with Gasteiger partial charge < -0.3 is 14.3 Å². The van der Waals surface area contributed by atoms with Gasteiger partial charge in [-0.25, -0.2) is 0 Å². The lowest BCUT2D eigenvalue weighted by atomic mass is 10.1. The Labute approximate surface area is 178 Å². The fraction of sp³-hybridized carbons (Fsp3) is 0.750. The zero-order chi connectivity index (χ0) is 22.0. The van der Waals surface area contributed by atoms with Crippen LogP contribution in [0.5, 0.6) is 0 Å². The van der Waals surface area contributed by atoms with Gasteiger partial charge in [0.1, 0.15) is 6.54 Å². The largest absolute Gasteiger partial charge is 0.481 e. The average Bonchev–Trinajstić information content (AvgIpc) is 2.60. The van der Waals surface area contributed by atoms with Crippen molar-refractivity contribution < 1.29 is 23.9 Å². The quantitative estimate of drug-likeness (QED) is 0.140. The molecule has 168 valence electrons. The first-order chi connectivity index (χ1) is 13.7. The third-order valence-electron chi connectivity index (χ3n) is 4.54. The standard InChI is InChI=1S/C24H43NO4/c1-5-6-7-8-9-10-11-12-13-14-15-16-17-18-19-24(28)29-22(20-23(26)27)21-25(2,3)4/h6-7,9-10,22H,5,8,11-21H2,1-4H3/p+1/b7-6+,10-9+. The van der Waals surface area contributed by atoms with E-state index in [-0.39, 0.29) is 12.4 Å². The number of esters is 1. The highest BCUT2D eigenvalue weighted by atomic mass is 16.5. The van der Waals surface area contributed by atoms with Crippen molar-refractivity contribution in [1.82, 2.24) is 0 Å². The van der Waals surface area contributed by atoms with Gasteiger partial charge in [-0.2, -0.15) is 0 Å². The van der Waals surface area contributed by atoms with Gasteiger partial charge in [-0.3, -0.25) is 9.59 Å². The minimum absolute atomic E-state index is 0.133. The zero-order valence-corrected chi connectivity index (χ0v) is 19.2. The van der Waals surface area contributed by atoms with Gasteiger partial charge in [-0.1, -0.05) is 63.3 Å². The third kappa shape index (κ3) is 20.9. The molecule has 0 radical (unpaired) electrons. The molecule has 0 aliphatic heterocycles. The molecule has 0 aliphatic carbocycles. The predicted octanol–water partition coefficient (Wildman–Crippen LogP) is 5.50. The Morgan fingerprint density at radius 1 is 0.897 bits per heavy atom. The number of carbonyl (C=O) groups is 2. The summed E-state index contributed by atoms with van der Waals surface area (Å²) >= 11 is 0. The number of carbonyl (C=O) groups excluding carboxylic acids is 1. The van der Waals surface area contributed by atoms with Crippen LogP contribution in [0.4, 0.5) is 0 Å². The smallest absolute Gasteiger partial charge is 0.307 e. The summed E-state index contributed by atoms with van der Waals surface area (Å²) in [6.07, 6.45) is 19.9.